The highest BCUT2D eigenvalue weighted by molar-refractivity contribution is 8.00. The maximum atomic E-state index is 14.2. The molecule has 1 aromatic heterocycles. The third-order valence-electron chi connectivity index (χ3n) is 8.71. The van der Waals surface area contributed by atoms with Crippen molar-refractivity contribution in [2.75, 3.05) is 24.3 Å². The van der Waals surface area contributed by atoms with Crippen LogP contribution in [0.15, 0.2) is 120 Å². The first-order valence-electron chi connectivity index (χ1n) is 18.1. The van der Waals surface area contributed by atoms with Gasteiger partial charge in [-0.15, -0.1) is 23.1 Å². The molecule has 1 aliphatic heterocycles. The highest BCUT2D eigenvalue weighted by Crippen LogP contribution is 2.41. The first-order valence-corrected chi connectivity index (χ1v) is 19.8. The van der Waals surface area contributed by atoms with Crippen LogP contribution >= 0.6 is 23.1 Å². The van der Waals surface area contributed by atoms with Crippen LogP contribution in [0.2, 0.25) is 0 Å². The summed E-state index contributed by atoms with van der Waals surface area (Å²) in [6.45, 7) is 6.11. The Bertz CT molecular complexity index is 2350. The van der Waals surface area contributed by atoms with Crippen molar-refractivity contribution in [2.45, 2.75) is 49.5 Å². The van der Waals surface area contributed by atoms with Crippen LogP contribution < -0.4 is 20.7 Å². The Morgan fingerprint density at radius 1 is 0.912 bits per heavy atom. The summed E-state index contributed by atoms with van der Waals surface area (Å²) >= 11 is 2.57. The van der Waals surface area contributed by atoms with Gasteiger partial charge >= 0.3 is 6.09 Å². The van der Waals surface area contributed by atoms with Crippen LogP contribution in [0.4, 0.5) is 15.5 Å². The topological polar surface area (TPSA) is 150 Å². The van der Waals surface area contributed by atoms with E-state index < -0.39 is 28.8 Å². The zero-order valence-electron chi connectivity index (χ0n) is 31.8. The highest BCUT2D eigenvalue weighted by Gasteiger charge is 2.31. The van der Waals surface area contributed by atoms with Crippen molar-refractivity contribution >= 4 is 63.7 Å². The molecule has 0 spiro atoms. The molecule has 4 amide bonds. The van der Waals surface area contributed by atoms with Crippen molar-refractivity contribution < 1.29 is 28.7 Å². The first-order chi connectivity index (χ1) is 27.4. The molecule has 6 rings (SSSR count). The van der Waals surface area contributed by atoms with Crippen molar-refractivity contribution in [1.82, 2.24) is 10.2 Å². The highest BCUT2D eigenvalue weighted by atomic mass is 32.2. The van der Waals surface area contributed by atoms with Crippen LogP contribution in [0.1, 0.15) is 63.5 Å². The molecule has 0 bridgehead atoms. The predicted molar refractivity (Wildman–Crippen MR) is 223 cm³/mol. The molecule has 5 aromatic rings. The van der Waals surface area contributed by atoms with Crippen molar-refractivity contribution in [3.8, 4) is 11.8 Å². The van der Waals surface area contributed by atoms with Crippen molar-refractivity contribution in [1.29, 1.82) is 5.26 Å². The molecule has 0 saturated heterocycles. The molecule has 1 unspecified atom stereocenters. The summed E-state index contributed by atoms with van der Waals surface area (Å²) in [5.74, 6) is -0.849. The Morgan fingerprint density at radius 3 is 2.32 bits per heavy atom. The minimum atomic E-state index is -0.743. The number of ether oxygens (including phenoxy) is 2. The van der Waals surface area contributed by atoms with Crippen molar-refractivity contribution in [3.05, 3.63) is 148 Å². The number of thiophene rings is 1. The van der Waals surface area contributed by atoms with Gasteiger partial charge in [0.05, 0.1) is 19.2 Å². The van der Waals surface area contributed by atoms with E-state index in [9.17, 15) is 24.4 Å². The van der Waals surface area contributed by atoms with Crippen LogP contribution in [0.3, 0.4) is 0 Å². The molecule has 0 saturated carbocycles. The SMILES string of the molecule is COc1ccccc1/C=C(/NC(=O)c1ccccc1)C(=O)Nc1cccc(SC(C(=O)Nc2sc3c(c2C#N)CCN(C(=O)OC(C)(C)C)C3)c2ccccc2)c1. The summed E-state index contributed by atoms with van der Waals surface area (Å²) in [7, 11) is 1.53. The maximum Gasteiger partial charge on any atom is 0.410 e. The van der Waals surface area contributed by atoms with E-state index in [1.54, 1.807) is 77.7 Å². The molecule has 1 atom stereocenters. The average Bonchev–Trinajstić information content (AvgIpc) is 3.55. The molecule has 11 nitrogen and oxygen atoms in total. The van der Waals surface area contributed by atoms with Crippen molar-refractivity contribution in [2.24, 2.45) is 0 Å². The lowest BCUT2D eigenvalue weighted by Gasteiger charge is -2.29. The Balaban J connectivity index is 1.23. The number of hydrogen-bond acceptors (Lipinski definition) is 9. The Hall–Kier alpha value is -6.36. The summed E-state index contributed by atoms with van der Waals surface area (Å²) in [4.78, 5) is 57.2. The van der Waals surface area contributed by atoms with Gasteiger partial charge in [0.15, 0.2) is 0 Å². The molecular weight excluding hydrogens is 759 g/mol. The number of carbonyl (C=O) groups excluding carboxylic acids is 4. The number of rotatable bonds is 11. The fraction of sp³-hybridized carbons (Fsp3) is 0.205. The number of para-hydroxylation sites is 1. The van der Waals surface area contributed by atoms with Gasteiger partial charge in [-0.05, 0) is 80.8 Å². The number of carbonyl (C=O) groups is 4. The van der Waals surface area contributed by atoms with Gasteiger partial charge in [-0.25, -0.2) is 4.79 Å². The van der Waals surface area contributed by atoms with Crippen LogP contribution in [0.25, 0.3) is 6.08 Å². The first kappa shape index (κ1) is 40.3. The predicted octanol–water partition coefficient (Wildman–Crippen LogP) is 8.80. The van der Waals surface area contributed by atoms with Gasteiger partial charge in [0, 0.05) is 33.1 Å². The maximum absolute atomic E-state index is 14.2. The fourth-order valence-corrected chi connectivity index (χ4v) is 8.34. The number of anilines is 2. The molecule has 13 heteroatoms. The van der Waals surface area contributed by atoms with Gasteiger partial charge in [0.25, 0.3) is 11.8 Å². The van der Waals surface area contributed by atoms with Gasteiger partial charge in [-0.1, -0.05) is 72.8 Å². The minimum absolute atomic E-state index is 0.00546. The molecule has 2 heterocycles. The second kappa shape index (κ2) is 18.1. The smallest absolute Gasteiger partial charge is 0.410 e. The summed E-state index contributed by atoms with van der Waals surface area (Å²) in [5, 5.41) is 18.5. The number of thioether (sulfide) groups is 1. The number of amides is 4. The third kappa shape index (κ3) is 10.3. The molecule has 0 fully saturated rings. The third-order valence-corrected chi connectivity index (χ3v) is 11.1. The zero-order chi connectivity index (χ0) is 40.5. The van der Waals surface area contributed by atoms with Crippen LogP contribution in [0, 0.1) is 11.3 Å². The zero-order valence-corrected chi connectivity index (χ0v) is 33.5. The van der Waals surface area contributed by atoms with Crippen LogP contribution in [-0.4, -0.2) is 48.0 Å². The van der Waals surface area contributed by atoms with E-state index >= 15 is 0 Å². The van der Waals surface area contributed by atoms with E-state index in [1.807, 2.05) is 63.2 Å². The number of nitrogens with zero attached hydrogens (tertiary/aromatic N) is 2. The minimum Gasteiger partial charge on any atom is -0.496 e. The standard InChI is InChI=1S/C44H41N5O6S2/c1-44(2,3)55-43(53)49-23-22-33-34(26-45)42(57-37(33)27-49)48-41(52)38(28-14-7-5-8-15-28)56-32-20-13-19-31(25-32)46-40(51)35(24-30-18-11-12-21-36(30)54-4)47-39(50)29-16-9-6-10-17-29/h5-21,24-25,38H,22-23,27H2,1-4H3,(H,46,51)(H,47,50)(H,48,52)/b35-24+. The largest absolute Gasteiger partial charge is 0.496 e. The molecule has 0 radical (unpaired) electrons. The van der Waals surface area contributed by atoms with Gasteiger partial charge in [0.1, 0.15) is 33.4 Å². The fourth-order valence-electron chi connectivity index (χ4n) is 6.04. The van der Waals surface area contributed by atoms with E-state index in [0.29, 0.717) is 51.0 Å². The molecular formula is C44H41N5O6S2. The molecule has 57 heavy (non-hydrogen) atoms. The van der Waals surface area contributed by atoms with Gasteiger partial charge in [-0.3, -0.25) is 14.4 Å². The number of nitriles is 1. The van der Waals surface area contributed by atoms with Crippen molar-refractivity contribution in [3.63, 3.8) is 0 Å². The summed E-state index contributed by atoms with van der Waals surface area (Å²) < 4.78 is 11.1. The average molecular weight is 800 g/mol. The monoisotopic (exact) mass is 799 g/mol. The lowest BCUT2D eigenvalue weighted by atomic mass is 10.0. The molecule has 1 aliphatic rings. The van der Waals surface area contributed by atoms with Gasteiger partial charge in [-0.2, -0.15) is 5.26 Å². The number of nitrogens with one attached hydrogen (secondary N) is 3. The molecule has 290 valence electrons. The van der Waals surface area contributed by atoms with E-state index in [4.69, 9.17) is 9.47 Å². The second-order valence-corrected chi connectivity index (χ2v) is 16.3. The van der Waals surface area contributed by atoms with Crippen LogP contribution in [0.5, 0.6) is 5.75 Å². The lowest BCUT2D eigenvalue weighted by molar-refractivity contribution is -0.116. The normalized spacial score (nSPS) is 13.0. The van der Waals surface area contributed by atoms with Crippen LogP contribution in [-0.2, 0) is 27.3 Å². The van der Waals surface area contributed by atoms with E-state index in [-0.39, 0.29) is 18.1 Å². The summed E-state index contributed by atoms with van der Waals surface area (Å²) in [6, 6.07) is 34.3. The lowest BCUT2D eigenvalue weighted by Crippen LogP contribution is -2.39. The number of benzene rings is 4. The van der Waals surface area contributed by atoms with E-state index in [2.05, 4.69) is 22.0 Å². The Kier molecular flexibility index (Phi) is 12.8. The number of methoxy groups -OCH3 is 1. The summed E-state index contributed by atoms with van der Waals surface area (Å²) in [5.41, 5.74) is 2.71. The van der Waals surface area contributed by atoms with E-state index in [1.165, 1.54) is 30.2 Å². The number of fused-ring (bicyclic) bond motifs is 1. The number of hydrogen-bond donors (Lipinski definition) is 3. The molecule has 3 N–H and O–H groups in total. The van der Waals surface area contributed by atoms with E-state index in [0.717, 1.165) is 16.0 Å². The quantitative estimate of drug-likeness (QED) is 0.0887. The van der Waals surface area contributed by atoms with Gasteiger partial charge < -0.3 is 30.3 Å². The summed E-state index contributed by atoms with van der Waals surface area (Å²) in [6.07, 6.45) is 1.59. The molecule has 0 aliphatic carbocycles. The van der Waals surface area contributed by atoms with Gasteiger partial charge in [0.2, 0.25) is 5.91 Å². The molecule has 4 aromatic carbocycles. The Morgan fingerprint density at radius 2 is 1.61 bits per heavy atom. The Labute approximate surface area is 339 Å². The second-order valence-electron chi connectivity index (χ2n) is 14.0.